The van der Waals surface area contributed by atoms with Crippen molar-refractivity contribution >= 4 is 10.2 Å². The summed E-state index contributed by atoms with van der Waals surface area (Å²) in [6.07, 6.45) is 0. The number of hydrogen-bond acceptors (Lipinski definition) is 3. The highest BCUT2D eigenvalue weighted by atomic mass is 32.2. The maximum absolute atomic E-state index is 12.0. The summed E-state index contributed by atoms with van der Waals surface area (Å²) >= 11 is 0. The van der Waals surface area contributed by atoms with E-state index in [2.05, 4.69) is 0 Å². The fourth-order valence-electron chi connectivity index (χ4n) is 1.54. The molecule has 6 heteroatoms. The zero-order valence-electron chi connectivity index (χ0n) is 10.6. The highest BCUT2D eigenvalue weighted by Crippen LogP contribution is 2.31. The van der Waals surface area contributed by atoms with E-state index in [0.29, 0.717) is 0 Å². The number of β-amino-alcohol motifs (C(OH)–C–C–N with tert-alkyl or cyclic N) is 1. The van der Waals surface area contributed by atoms with E-state index in [4.69, 9.17) is 0 Å². The van der Waals surface area contributed by atoms with Crippen molar-refractivity contribution in [3.63, 3.8) is 0 Å². The van der Waals surface area contributed by atoms with Crippen molar-refractivity contribution in [3.8, 4) is 0 Å². The van der Waals surface area contributed by atoms with E-state index >= 15 is 0 Å². The zero-order chi connectivity index (χ0) is 12.7. The van der Waals surface area contributed by atoms with Crippen molar-refractivity contribution in [2.45, 2.75) is 39.3 Å². The van der Waals surface area contributed by atoms with Gasteiger partial charge in [0.25, 0.3) is 10.2 Å². The average molecular weight is 250 g/mol. The molecule has 0 aliphatic carbocycles. The monoisotopic (exact) mass is 250 g/mol. The Morgan fingerprint density at radius 1 is 1.25 bits per heavy atom. The Bertz CT molecular complexity index is 345. The largest absolute Gasteiger partial charge is 0.387 e. The van der Waals surface area contributed by atoms with Gasteiger partial charge in [0.1, 0.15) is 0 Å². The van der Waals surface area contributed by atoms with Crippen LogP contribution in [0, 0.1) is 5.92 Å². The fourth-order valence-corrected chi connectivity index (χ4v) is 3.21. The molecule has 1 N–H and O–H groups in total. The minimum atomic E-state index is -3.40. The van der Waals surface area contributed by atoms with Gasteiger partial charge in [0, 0.05) is 26.2 Å². The van der Waals surface area contributed by atoms with E-state index in [0.717, 1.165) is 0 Å². The second-order valence-corrected chi connectivity index (χ2v) is 7.13. The Balaban J connectivity index is 2.71. The van der Waals surface area contributed by atoms with Gasteiger partial charge < -0.3 is 5.11 Å². The molecule has 1 fully saturated rings. The van der Waals surface area contributed by atoms with Gasteiger partial charge in [-0.05, 0) is 19.8 Å². The molecular weight excluding hydrogens is 228 g/mol. The van der Waals surface area contributed by atoms with Crippen LogP contribution in [0.2, 0.25) is 0 Å². The SMILES string of the molecule is CC(C)N(C)S(=O)(=O)N1CC(O)(C(C)C)C1. The van der Waals surface area contributed by atoms with Gasteiger partial charge in [-0.25, -0.2) is 0 Å². The van der Waals surface area contributed by atoms with Crippen molar-refractivity contribution in [2.75, 3.05) is 20.1 Å². The molecule has 0 unspecified atom stereocenters. The molecule has 0 bridgehead atoms. The highest BCUT2D eigenvalue weighted by Gasteiger charge is 2.49. The van der Waals surface area contributed by atoms with Crippen LogP contribution in [0.25, 0.3) is 0 Å². The second-order valence-electron chi connectivity index (χ2n) is 5.14. The first-order valence-corrected chi connectivity index (χ1v) is 6.96. The third kappa shape index (κ3) is 2.25. The Labute approximate surface area is 98.2 Å². The third-order valence-corrected chi connectivity index (χ3v) is 5.45. The van der Waals surface area contributed by atoms with Crippen molar-refractivity contribution in [3.05, 3.63) is 0 Å². The molecule has 0 atom stereocenters. The van der Waals surface area contributed by atoms with E-state index in [1.54, 1.807) is 7.05 Å². The molecule has 1 aliphatic rings. The third-order valence-electron chi connectivity index (χ3n) is 3.39. The molecule has 16 heavy (non-hydrogen) atoms. The van der Waals surface area contributed by atoms with Crippen LogP contribution in [-0.2, 0) is 10.2 Å². The summed E-state index contributed by atoms with van der Waals surface area (Å²) in [4.78, 5) is 0. The smallest absolute Gasteiger partial charge is 0.282 e. The van der Waals surface area contributed by atoms with Gasteiger partial charge in [-0.3, -0.25) is 0 Å². The predicted molar refractivity (Wildman–Crippen MR) is 63.2 cm³/mol. The molecule has 0 aromatic carbocycles. The van der Waals surface area contributed by atoms with Crippen molar-refractivity contribution in [1.82, 2.24) is 8.61 Å². The van der Waals surface area contributed by atoms with E-state index < -0.39 is 15.8 Å². The first-order valence-electron chi connectivity index (χ1n) is 5.57. The Hall–Kier alpha value is -0.170. The van der Waals surface area contributed by atoms with Crippen molar-refractivity contribution in [2.24, 2.45) is 5.92 Å². The molecule has 1 aliphatic heterocycles. The lowest BCUT2D eigenvalue weighted by Crippen LogP contribution is -2.67. The molecule has 0 spiro atoms. The lowest BCUT2D eigenvalue weighted by atomic mass is 9.85. The predicted octanol–water partition coefficient (Wildman–Crippen LogP) is 0.274. The maximum atomic E-state index is 12.0. The molecule has 0 aromatic heterocycles. The number of hydrogen-bond donors (Lipinski definition) is 1. The minimum absolute atomic E-state index is 0.0715. The van der Waals surface area contributed by atoms with Gasteiger partial charge in [-0.15, -0.1) is 0 Å². The lowest BCUT2D eigenvalue weighted by molar-refractivity contribution is -0.0950. The van der Waals surface area contributed by atoms with E-state index in [9.17, 15) is 13.5 Å². The summed E-state index contributed by atoms with van der Waals surface area (Å²) in [6, 6.07) is -0.0715. The summed E-state index contributed by atoms with van der Waals surface area (Å²) in [5, 5.41) is 10.0. The standard InChI is InChI=1S/C10H22N2O3S/c1-8(2)10(13)6-12(7-10)16(14,15)11(5)9(3)4/h8-9,13H,6-7H2,1-5H3. The van der Waals surface area contributed by atoms with Gasteiger partial charge in [-0.1, -0.05) is 13.8 Å². The average Bonchev–Trinajstić information content (AvgIpc) is 2.10. The van der Waals surface area contributed by atoms with E-state index in [1.165, 1.54) is 8.61 Å². The first kappa shape index (κ1) is 13.9. The van der Waals surface area contributed by atoms with Crippen LogP contribution in [0.4, 0.5) is 0 Å². The van der Waals surface area contributed by atoms with Gasteiger partial charge in [0.05, 0.1) is 5.60 Å². The van der Waals surface area contributed by atoms with E-state index in [-0.39, 0.29) is 25.0 Å². The van der Waals surface area contributed by atoms with Crippen LogP contribution in [0.15, 0.2) is 0 Å². The summed E-state index contributed by atoms with van der Waals surface area (Å²) < 4.78 is 26.7. The topological polar surface area (TPSA) is 60.9 Å². The number of rotatable bonds is 4. The highest BCUT2D eigenvalue weighted by molar-refractivity contribution is 7.86. The Kier molecular flexibility index (Phi) is 3.69. The second kappa shape index (κ2) is 4.25. The van der Waals surface area contributed by atoms with Gasteiger partial charge >= 0.3 is 0 Å². The Morgan fingerprint density at radius 3 is 2.00 bits per heavy atom. The molecule has 1 saturated heterocycles. The minimum Gasteiger partial charge on any atom is -0.387 e. The van der Waals surface area contributed by atoms with Gasteiger partial charge in [0.15, 0.2) is 0 Å². The molecule has 1 rings (SSSR count). The summed E-state index contributed by atoms with van der Waals surface area (Å²) in [5.41, 5.74) is -0.856. The summed E-state index contributed by atoms with van der Waals surface area (Å²) in [5.74, 6) is 0.0725. The van der Waals surface area contributed by atoms with Crippen molar-refractivity contribution in [1.29, 1.82) is 0 Å². The van der Waals surface area contributed by atoms with Crippen molar-refractivity contribution < 1.29 is 13.5 Å². The fraction of sp³-hybridized carbons (Fsp3) is 1.00. The first-order chi connectivity index (χ1) is 7.11. The molecule has 0 saturated carbocycles. The van der Waals surface area contributed by atoms with Crippen LogP contribution in [0.3, 0.4) is 0 Å². The molecular formula is C10H22N2O3S. The molecule has 0 amide bonds. The van der Waals surface area contributed by atoms with Gasteiger partial charge in [-0.2, -0.15) is 17.0 Å². The van der Waals surface area contributed by atoms with Gasteiger partial charge in [0.2, 0.25) is 0 Å². The zero-order valence-corrected chi connectivity index (χ0v) is 11.5. The molecule has 5 nitrogen and oxygen atoms in total. The summed E-state index contributed by atoms with van der Waals surface area (Å²) in [6.45, 7) is 7.85. The molecule has 0 radical (unpaired) electrons. The number of nitrogens with zero attached hydrogens (tertiary/aromatic N) is 2. The molecule has 96 valence electrons. The number of aliphatic hydroxyl groups is 1. The van der Waals surface area contributed by atoms with Crippen LogP contribution in [-0.4, -0.2) is 53.9 Å². The molecule has 0 aromatic rings. The van der Waals surface area contributed by atoms with Crippen LogP contribution in [0.1, 0.15) is 27.7 Å². The summed E-state index contributed by atoms with van der Waals surface area (Å²) in [7, 11) is -1.84. The lowest BCUT2D eigenvalue weighted by Gasteiger charge is -2.49. The quantitative estimate of drug-likeness (QED) is 0.779. The van der Waals surface area contributed by atoms with Crippen LogP contribution < -0.4 is 0 Å². The van der Waals surface area contributed by atoms with Crippen LogP contribution in [0.5, 0.6) is 0 Å². The maximum Gasteiger partial charge on any atom is 0.282 e. The molecule has 1 heterocycles. The normalized spacial score (nSPS) is 21.8. The van der Waals surface area contributed by atoms with E-state index in [1.807, 2.05) is 27.7 Å². The Morgan fingerprint density at radius 2 is 1.69 bits per heavy atom. The van der Waals surface area contributed by atoms with Crippen LogP contribution >= 0.6 is 0 Å².